The largest absolute Gasteiger partial charge is 0.369 e. The molecule has 1 aliphatic heterocycles. The molecule has 0 unspecified atom stereocenters. The number of hydrogen-bond acceptors (Lipinski definition) is 3. The van der Waals surface area contributed by atoms with Crippen LogP contribution >= 0.6 is 11.3 Å². The molecular formula is C15H17N3O2S. The highest BCUT2D eigenvalue weighted by Gasteiger charge is 2.31. The summed E-state index contributed by atoms with van der Waals surface area (Å²) >= 11 is 1.67. The molecule has 0 radical (unpaired) electrons. The van der Waals surface area contributed by atoms with Crippen LogP contribution in [0.2, 0.25) is 0 Å². The molecule has 1 fully saturated rings. The number of primary amides is 1. The molecule has 0 spiro atoms. The fraction of sp³-hybridized carbons (Fsp3) is 0.333. The molecule has 1 atom stereocenters. The van der Waals surface area contributed by atoms with Crippen LogP contribution in [0.25, 0.3) is 0 Å². The Labute approximate surface area is 127 Å². The number of carbonyl (C=O) groups is 2. The molecule has 0 aliphatic carbocycles. The third-order valence-corrected chi connectivity index (χ3v) is 4.69. The third kappa shape index (κ3) is 2.85. The van der Waals surface area contributed by atoms with E-state index in [-0.39, 0.29) is 17.7 Å². The first kappa shape index (κ1) is 13.9. The number of rotatable bonds is 4. The zero-order chi connectivity index (χ0) is 14.8. The Kier molecular flexibility index (Phi) is 3.79. The standard InChI is InChI=1S/C15H17N3O2S/c16-14(19)11-5-7-18(9-11)15(20)13-4-1-6-17(13)10-12-3-2-8-21-12/h1-4,6,8,11H,5,7,9-10H2,(H2,16,19)/t11-/m1/s1. The van der Waals surface area contributed by atoms with Crippen molar-refractivity contribution in [2.45, 2.75) is 13.0 Å². The Morgan fingerprint density at radius 3 is 2.86 bits per heavy atom. The monoisotopic (exact) mass is 303 g/mol. The minimum Gasteiger partial charge on any atom is -0.369 e. The maximum absolute atomic E-state index is 12.6. The van der Waals surface area contributed by atoms with Gasteiger partial charge in [-0.1, -0.05) is 6.07 Å². The van der Waals surface area contributed by atoms with E-state index in [0.29, 0.717) is 31.7 Å². The van der Waals surface area contributed by atoms with Gasteiger partial charge in [-0.2, -0.15) is 0 Å². The van der Waals surface area contributed by atoms with Crippen LogP contribution in [0.5, 0.6) is 0 Å². The molecule has 2 aromatic rings. The average molecular weight is 303 g/mol. The fourth-order valence-corrected chi connectivity index (χ4v) is 3.36. The predicted octanol–water partition coefficient (Wildman–Crippen LogP) is 1.55. The van der Waals surface area contributed by atoms with Crippen molar-refractivity contribution in [2.24, 2.45) is 11.7 Å². The lowest BCUT2D eigenvalue weighted by Crippen LogP contribution is -2.32. The van der Waals surface area contributed by atoms with Crippen LogP contribution in [0.15, 0.2) is 35.8 Å². The Hall–Kier alpha value is -2.08. The fourth-order valence-electron chi connectivity index (χ4n) is 2.66. The SMILES string of the molecule is NC(=O)[C@@H]1CCN(C(=O)c2cccn2Cc2cccs2)C1. The van der Waals surface area contributed by atoms with Crippen LogP contribution in [0.1, 0.15) is 21.8 Å². The second-order valence-corrected chi connectivity index (χ2v) is 6.27. The van der Waals surface area contributed by atoms with Gasteiger partial charge in [-0.3, -0.25) is 9.59 Å². The minimum absolute atomic E-state index is 0.0275. The van der Waals surface area contributed by atoms with E-state index in [4.69, 9.17) is 5.73 Å². The molecule has 21 heavy (non-hydrogen) atoms. The highest BCUT2D eigenvalue weighted by atomic mass is 32.1. The van der Waals surface area contributed by atoms with E-state index < -0.39 is 0 Å². The number of likely N-dealkylation sites (tertiary alicyclic amines) is 1. The quantitative estimate of drug-likeness (QED) is 0.931. The van der Waals surface area contributed by atoms with E-state index in [1.54, 1.807) is 16.2 Å². The lowest BCUT2D eigenvalue weighted by Gasteiger charge is -2.17. The summed E-state index contributed by atoms with van der Waals surface area (Å²) in [6.07, 6.45) is 2.57. The summed E-state index contributed by atoms with van der Waals surface area (Å²) < 4.78 is 1.95. The number of amides is 2. The van der Waals surface area contributed by atoms with Gasteiger partial charge in [0.15, 0.2) is 0 Å². The van der Waals surface area contributed by atoms with E-state index in [2.05, 4.69) is 6.07 Å². The smallest absolute Gasteiger partial charge is 0.270 e. The molecule has 1 aliphatic rings. The van der Waals surface area contributed by atoms with Gasteiger partial charge in [-0.25, -0.2) is 0 Å². The van der Waals surface area contributed by atoms with Crippen LogP contribution < -0.4 is 5.73 Å². The number of carbonyl (C=O) groups excluding carboxylic acids is 2. The number of nitrogens with zero attached hydrogens (tertiary/aromatic N) is 2. The molecule has 5 nitrogen and oxygen atoms in total. The maximum Gasteiger partial charge on any atom is 0.270 e. The predicted molar refractivity (Wildman–Crippen MR) is 81.1 cm³/mol. The van der Waals surface area contributed by atoms with Gasteiger partial charge >= 0.3 is 0 Å². The molecule has 6 heteroatoms. The van der Waals surface area contributed by atoms with Crippen LogP contribution in [0.3, 0.4) is 0 Å². The van der Waals surface area contributed by atoms with E-state index in [1.165, 1.54) is 4.88 Å². The molecule has 3 heterocycles. The van der Waals surface area contributed by atoms with Crippen LogP contribution in [0, 0.1) is 5.92 Å². The van der Waals surface area contributed by atoms with Gasteiger partial charge in [-0.15, -0.1) is 11.3 Å². The number of hydrogen-bond donors (Lipinski definition) is 1. The average Bonchev–Trinajstić information content (AvgIpc) is 3.20. The van der Waals surface area contributed by atoms with Crippen molar-refractivity contribution in [1.82, 2.24) is 9.47 Å². The molecule has 2 amide bonds. The summed E-state index contributed by atoms with van der Waals surface area (Å²) in [6.45, 7) is 1.72. The molecule has 110 valence electrons. The van der Waals surface area contributed by atoms with Crippen LogP contribution in [-0.2, 0) is 11.3 Å². The first-order chi connectivity index (χ1) is 10.1. The minimum atomic E-state index is -0.320. The molecule has 2 aromatic heterocycles. The van der Waals surface area contributed by atoms with Crippen molar-refractivity contribution >= 4 is 23.2 Å². The van der Waals surface area contributed by atoms with E-state index in [1.807, 2.05) is 34.3 Å². The van der Waals surface area contributed by atoms with Crippen molar-refractivity contribution in [2.75, 3.05) is 13.1 Å². The van der Waals surface area contributed by atoms with Gasteiger partial charge in [0.2, 0.25) is 5.91 Å². The lowest BCUT2D eigenvalue weighted by atomic mass is 10.1. The van der Waals surface area contributed by atoms with Crippen molar-refractivity contribution in [1.29, 1.82) is 0 Å². The zero-order valence-corrected chi connectivity index (χ0v) is 12.4. The summed E-state index contributed by atoms with van der Waals surface area (Å²) in [5, 5.41) is 2.03. The van der Waals surface area contributed by atoms with Gasteiger partial charge in [0.25, 0.3) is 5.91 Å². The number of aromatic nitrogens is 1. The highest BCUT2D eigenvalue weighted by Crippen LogP contribution is 2.20. The van der Waals surface area contributed by atoms with Crippen molar-refractivity contribution in [3.8, 4) is 0 Å². The van der Waals surface area contributed by atoms with Gasteiger partial charge in [0.1, 0.15) is 5.69 Å². The second kappa shape index (κ2) is 5.73. The summed E-state index contributed by atoms with van der Waals surface area (Å²) in [5.74, 6) is -0.561. The first-order valence-corrected chi connectivity index (χ1v) is 7.79. The Balaban J connectivity index is 1.74. The Bertz CT molecular complexity index is 648. The van der Waals surface area contributed by atoms with Gasteiger partial charge < -0.3 is 15.2 Å². The molecule has 1 saturated heterocycles. The zero-order valence-electron chi connectivity index (χ0n) is 11.6. The normalized spacial score (nSPS) is 18.1. The van der Waals surface area contributed by atoms with Gasteiger partial charge in [0, 0.05) is 24.2 Å². The molecular weight excluding hydrogens is 286 g/mol. The van der Waals surface area contributed by atoms with E-state index in [0.717, 1.165) is 0 Å². The van der Waals surface area contributed by atoms with Crippen molar-refractivity contribution in [3.63, 3.8) is 0 Å². The molecule has 0 bridgehead atoms. The summed E-state index contributed by atoms with van der Waals surface area (Å²) in [6, 6.07) is 7.76. The number of thiophene rings is 1. The topological polar surface area (TPSA) is 68.3 Å². The maximum atomic E-state index is 12.6. The Morgan fingerprint density at radius 1 is 1.33 bits per heavy atom. The molecule has 0 aromatic carbocycles. The van der Waals surface area contributed by atoms with E-state index in [9.17, 15) is 9.59 Å². The second-order valence-electron chi connectivity index (χ2n) is 5.24. The van der Waals surface area contributed by atoms with Crippen LogP contribution in [-0.4, -0.2) is 34.4 Å². The summed E-state index contributed by atoms with van der Waals surface area (Å²) in [7, 11) is 0. The van der Waals surface area contributed by atoms with Crippen molar-refractivity contribution in [3.05, 3.63) is 46.4 Å². The molecule has 3 rings (SSSR count). The van der Waals surface area contributed by atoms with Crippen LogP contribution in [0.4, 0.5) is 0 Å². The van der Waals surface area contributed by atoms with E-state index >= 15 is 0 Å². The van der Waals surface area contributed by atoms with Gasteiger partial charge in [-0.05, 0) is 30.0 Å². The summed E-state index contributed by atoms with van der Waals surface area (Å²) in [4.78, 5) is 26.7. The number of nitrogens with two attached hydrogens (primary N) is 1. The van der Waals surface area contributed by atoms with Crippen molar-refractivity contribution < 1.29 is 9.59 Å². The first-order valence-electron chi connectivity index (χ1n) is 6.91. The lowest BCUT2D eigenvalue weighted by molar-refractivity contribution is -0.121. The van der Waals surface area contributed by atoms with Gasteiger partial charge in [0.05, 0.1) is 12.5 Å². The third-order valence-electron chi connectivity index (χ3n) is 3.83. The Morgan fingerprint density at radius 2 is 2.19 bits per heavy atom. The molecule has 2 N–H and O–H groups in total. The summed E-state index contributed by atoms with van der Waals surface area (Å²) in [5.41, 5.74) is 5.98. The molecule has 0 saturated carbocycles. The highest BCUT2D eigenvalue weighted by molar-refractivity contribution is 7.09.